The van der Waals surface area contributed by atoms with E-state index in [1.807, 2.05) is 18.2 Å². The number of halogens is 3. The maximum absolute atomic E-state index is 12.4. The van der Waals surface area contributed by atoms with E-state index in [0.717, 1.165) is 35.4 Å². The topological polar surface area (TPSA) is 57.7 Å². The average molecular weight is 525 g/mol. The van der Waals surface area contributed by atoms with Crippen LogP contribution in [0.3, 0.4) is 0 Å². The standard InChI is InChI=1S/C29H31F3N4O2/c1-20-18-27(36-16-12-23(13-17-36)35-14-2-3-15-35)34-26-10-7-22(19-25(20)26)33-28(37)11-6-21-4-8-24(9-5-21)38-29(30,31)32/h4-11,18-19,23H,2-3,12-17H2,1H3,(H,33,37). The van der Waals surface area contributed by atoms with Crippen molar-refractivity contribution in [3.8, 4) is 5.75 Å². The zero-order chi connectivity index (χ0) is 26.7. The Morgan fingerprint density at radius 2 is 1.74 bits per heavy atom. The first kappa shape index (κ1) is 26.0. The molecule has 0 unspecified atom stereocenters. The largest absolute Gasteiger partial charge is 0.573 e. The molecule has 2 aliphatic heterocycles. The van der Waals surface area contributed by atoms with Crippen molar-refractivity contribution in [2.45, 2.75) is 45.0 Å². The number of nitrogens with zero attached hydrogens (tertiary/aromatic N) is 3. The summed E-state index contributed by atoms with van der Waals surface area (Å²) in [5, 5.41) is 3.82. The van der Waals surface area contributed by atoms with Crippen molar-refractivity contribution in [1.82, 2.24) is 9.88 Å². The molecule has 0 saturated carbocycles. The Labute approximate surface area is 220 Å². The summed E-state index contributed by atoms with van der Waals surface area (Å²) in [6.07, 6.45) is 3.11. The third-order valence-corrected chi connectivity index (χ3v) is 7.26. The number of benzene rings is 2. The summed E-state index contributed by atoms with van der Waals surface area (Å²) in [7, 11) is 0. The van der Waals surface area contributed by atoms with Crippen molar-refractivity contribution >= 4 is 34.4 Å². The average Bonchev–Trinajstić information content (AvgIpc) is 3.43. The highest BCUT2D eigenvalue weighted by Gasteiger charge is 2.31. The second-order valence-corrected chi connectivity index (χ2v) is 9.93. The molecule has 0 radical (unpaired) electrons. The number of carbonyl (C=O) groups excluding carboxylic acids is 1. The summed E-state index contributed by atoms with van der Waals surface area (Å²) in [5.41, 5.74) is 3.20. The van der Waals surface area contributed by atoms with E-state index in [0.29, 0.717) is 17.3 Å². The molecule has 1 aromatic heterocycles. The van der Waals surface area contributed by atoms with Gasteiger partial charge in [0.1, 0.15) is 11.6 Å². The summed E-state index contributed by atoms with van der Waals surface area (Å²) in [6.45, 7) is 6.55. The van der Waals surface area contributed by atoms with Gasteiger partial charge in [-0.2, -0.15) is 0 Å². The van der Waals surface area contributed by atoms with Crippen LogP contribution in [0.5, 0.6) is 5.75 Å². The number of aromatic nitrogens is 1. The van der Waals surface area contributed by atoms with Crippen LogP contribution in [-0.4, -0.2) is 54.4 Å². The molecule has 38 heavy (non-hydrogen) atoms. The molecular weight excluding hydrogens is 493 g/mol. The second kappa shape index (κ2) is 11.0. The van der Waals surface area contributed by atoms with Crippen LogP contribution in [-0.2, 0) is 4.79 Å². The Kier molecular flexibility index (Phi) is 7.56. The molecule has 9 heteroatoms. The van der Waals surface area contributed by atoms with Gasteiger partial charge in [-0.1, -0.05) is 12.1 Å². The minimum absolute atomic E-state index is 0.311. The SMILES string of the molecule is Cc1cc(N2CCC(N3CCCC3)CC2)nc2ccc(NC(=O)C=Cc3ccc(OC(F)(F)F)cc3)cc12. The Hall–Kier alpha value is -3.59. The van der Waals surface area contributed by atoms with E-state index in [4.69, 9.17) is 4.98 Å². The van der Waals surface area contributed by atoms with Crippen molar-refractivity contribution in [2.24, 2.45) is 0 Å². The third-order valence-electron chi connectivity index (χ3n) is 7.26. The van der Waals surface area contributed by atoms with E-state index >= 15 is 0 Å². The summed E-state index contributed by atoms with van der Waals surface area (Å²) in [6, 6.07) is 13.8. The first-order valence-corrected chi connectivity index (χ1v) is 13.0. The number of aryl methyl sites for hydroxylation is 1. The van der Waals surface area contributed by atoms with Gasteiger partial charge >= 0.3 is 6.36 Å². The van der Waals surface area contributed by atoms with E-state index in [9.17, 15) is 18.0 Å². The van der Waals surface area contributed by atoms with Crippen LogP contribution >= 0.6 is 0 Å². The number of likely N-dealkylation sites (tertiary alicyclic amines) is 1. The molecule has 2 fully saturated rings. The van der Waals surface area contributed by atoms with Gasteiger partial charge in [-0.15, -0.1) is 13.2 Å². The number of amides is 1. The second-order valence-electron chi connectivity index (χ2n) is 9.93. The van der Waals surface area contributed by atoms with Crippen molar-refractivity contribution in [3.05, 3.63) is 65.7 Å². The molecule has 0 aliphatic carbocycles. The lowest BCUT2D eigenvalue weighted by Gasteiger charge is -2.37. The van der Waals surface area contributed by atoms with Crippen LogP contribution in [0, 0.1) is 6.92 Å². The van der Waals surface area contributed by atoms with Crippen LogP contribution in [0.15, 0.2) is 54.6 Å². The van der Waals surface area contributed by atoms with Gasteiger partial charge in [0.25, 0.3) is 0 Å². The number of piperidine rings is 1. The number of fused-ring (bicyclic) bond motifs is 1. The van der Waals surface area contributed by atoms with Crippen molar-refractivity contribution in [1.29, 1.82) is 0 Å². The zero-order valence-corrected chi connectivity index (χ0v) is 21.3. The van der Waals surface area contributed by atoms with E-state index < -0.39 is 6.36 Å². The van der Waals surface area contributed by atoms with Crippen LogP contribution < -0.4 is 15.0 Å². The molecule has 0 spiro atoms. The Morgan fingerprint density at radius 3 is 2.42 bits per heavy atom. The predicted octanol–water partition coefficient (Wildman–Crippen LogP) is 6.16. The van der Waals surface area contributed by atoms with E-state index in [1.165, 1.54) is 75.2 Å². The molecule has 200 valence electrons. The fraction of sp³-hybridized carbons (Fsp3) is 0.379. The smallest absolute Gasteiger partial charge is 0.406 e. The minimum Gasteiger partial charge on any atom is -0.406 e. The molecule has 0 atom stereocenters. The summed E-state index contributed by atoms with van der Waals surface area (Å²) >= 11 is 0. The molecule has 2 aliphatic rings. The molecule has 6 nitrogen and oxygen atoms in total. The van der Waals surface area contributed by atoms with Gasteiger partial charge in [0.05, 0.1) is 5.52 Å². The molecule has 3 aromatic rings. The maximum atomic E-state index is 12.4. The molecule has 2 saturated heterocycles. The predicted molar refractivity (Wildman–Crippen MR) is 143 cm³/mol. The van der Waals surface area contributed by atoms with E-state index in [1.54, 1.807) is 0 Å². The Balaban J connectivity index is 1.20. The van der Waals surface area contributed by atoms with Crippen molar-refractivity contribution in [2.75, 3.05) is 36.4 Å². The van der Waals surface area contributed by atoms with Gasteiger partial charge in [-0.25, -0.2) is 4.98 Å². The van der Waals surface area contributed by atoms with Crippen LogP contribution in [0.25, 0.3) is 17.0 Å². The number of hydrogen-bond donors (Lipinski definition) is 1. The van der Waals surface area contributed by atoms with E-state index in [2.05, 4.69) is 32.8 Å². The molecular formula is C29H31F3N4O2. The van der Waals surface area contributed by atoms with Crippen molar-refractivity contribution in [3.63, 3.8) is 0 Å². The number of carbonyl (C=O) groups is 1. The molecule has 5 rings (SSSR count). The highest BCUT2D eigenvalue weighted by atomic mass is 19.4. The van der Waals surface area contributed by atoms with E-state index in [-0.39, 0.29) is 11.7 Å². The van der Waals surface area contributed by atoms with Gasteiger partial charge < -0.3 is 19.9 Å². The minimum atomic E-state index is -4.74. The van der Waals surface area contributed by atoms with Gasteiger partial charge in [0, 0.05) is 36.3 Å². The fourth-order valence-corrected chi connectivity index (χ4v) is 5.32. The molecule has 1 N–H and O–H groups in total. The van der Waals surface area contributed by atoms with Crippen molar-refractivity contribution < 1.29 is 22.7 Å². The molecule has 2 aromatic carbocycles. The van der Waals surface area contributed by atoms with Gasteiger partial charge in [0.15, 0.2) is 0 Å². The summed E-state index contributed by atoms with van der Waals surface area (Å²) < 4.78 is 40.7. The van der Waals surface area contributed by atoms with Crippen LogP contribution in [0.2, 0.25) is 0 Å². The molecule has 1 amide bonds. The molecule has 0 bridgehead atoms. The maximum Gasteiger partial charge on any atom is 0.573 e. The number of rotatable bonds is 6. The van der Waals surface area contributed by atoms with Crippen LogP contribution in [0.1, 0.15) is 36.8 Å². The lowest BCUT2D eigenvalue weighted by atomic mass is 10.0. The van der Waals surface area contributed by atoms with Crippen LogP contribution in [0.4, 0.5) is 24.7 Å². The Bertz CT molecular complexity index is 1310. The van der Waals surface area contributed by atoms with Gasteiger partial charge in [-0.05, 0) is 99.3 Å². The lowest BCUT2D eigenvalue weighted by Crippen LogP contribution is -2.44. The quantitative estimate of drug-likeness (QED) is 0.392. The number of anilines is 2. The van der Waals surface area contributed by atoms with Gasteiger partial charge in [0.2, 0.25) is 5.91 Å². The highest BCUT2D eigenvalue weighted by molar-refractivity contribution is 6.03. The summed E-state index contributed by atoms with van der Waals surface area (Å²) in [5.74, 6) is 0.346. The number of hydrogen-bond acceptors (Lipinski definition) is 5. The number of ether oxygens (including phenoxy) is 1. The number of pyridine rings is 1. The highest BCUT2D eigenvalue weighted by Crippen LogP contribution is 2.29. The Morgan fingerprint density at radius 1 is 1.03 bits per heavy atom. The first-order chi connectivity index (χ1) is 18.2. The monoisotopic (exact) mass is 524 g/mol. The number of nitrogens with one attached hydrogen (secondary N) is 1. The zero-order valence-electron chi connectivity index (χ0n) is 21.3. The fourth-order valence-electron chi connectivity index (χ4n) is 5.32. The lowest BCUT2D eigenvalue weighted by molar-refractivity contribution is -0.274. The first-order valence-electron chi connectivity index (χ1n) is 13.0. The third kappa shape index (κ3) is 6.45. The molecule has 3 heterocycles. The normalized spacial score (nSPS) is 17.4. The number of alkyl halides is 3. The summed E-state index contributed by atoms with van der Waals surface area (Å²) in [4.78, 5) is 22.4. The van der Waals surface area contributed by atoms with Gasteiger partial charge in [-0.3, -0.25) is 4.79 Å².